The number of methoxy groups -OCH3 is 3. The highest BCUT2D eigenvalue weighted by Crippen LogP contribution is 2.25. The van der Waals surface area contributed by atoms with Crippen LogP contribution in [0.1, 0.15) is 25.8 Å². The molecule has 0 radical (unpaired) electrons. The zero-order valence-corrected chi connectivity index (χ0v) is 14.8. The molecule has 1 aromatic carbocycles. The normalized spacial score (nSPS) is 13.2. The number of rotatable bonds is 8. The van der Waals surface area contributed by atoms with E-state index in [2.05, 4.69) is 5.32 Å². The van der Waals surface area contributed by atoms with Gasteiger partial charge in [0.05, 0.1) is 21.3 Å². The highest BCUT2D eigenvalue weighted by atomic mass is 16.5. The van der Waals surface area contributed by atoms with E-state index in [1.54, 1.807) is 38.5 Å². The summed E-state index contributed by atoms with van der Waals surface area (Å²) in [6.45, 7) is 3.83. The van der Waals surface area contributed by atoms with Gasteiger partial charge in [-0.05, 0) is 30.2 Å². The second kappa shape index (κ2) is 9.60. The molecule has 0 spiro atoms. The van der Waals surface area contributed by atoms with Gasteiger partial charge in [-0.25, -0.2) is 4.79 Å². The monoisotopic (exact) mass is 335 g/mol. The fraction of sp³-hybridized carbons (Fsp3) is 0.444. The molecule has 1 aromatic rings. The maximum atomic E-state index is 12.1. The summed E-state index contributed by atoms with van der Waals surface area (Å²) < 4.78 is 15.2. The molecule has 2 atom stereocenters. The van der Waals surface area contributed by atoms with Gasteiger partial charge in [0.25, 0.3) is 0 Å². The van der Waals surface area contributed by atoms with Crippen molar-refractivity contribution in [1.82, 2.24) is 5.32 Å². The zero-order chi connectivity index (χ0) is 18.1. The number of ether oxygens (including phenoxy) is 3. The molecule has 0 aliphatic carbocycles. The number of esters is 1. The quantitative estimate of drug-likeness (QED) is 0.583. The van der Waals surface area contributed by atoms with Gasteiger partial charge in [-0.2, -0.15) is 0 Å². The molecule has 6 heteroatoms. The van der Waals surface area contributed by atoms with Crippen LogP contribution >= 0.6 is 0 Å². The van der Waals surface area contributed by atoms with Crippen molar-refractivity contribution in [1.29, 1.82) is 0 Å². The third kappa shape index (κ3) is 5.30. The molecule has 0 saturated heterocycles. The standard InChI is InChI=1S/C18H25NO5/c1-6-12(2)17(18(21)24-5)19-16(20)10-7-13-11-14(22-3)8-9-15(13)23-4/h7-12,17H,6H2,1-5H3,(H,19,20)/b10-7+/t12-,17-/m1/s1. The third-order valence-electron chi connectivity index (χ3n) is 3.82. The van der Waals surface area contributed by atoms with Gasteiger partial charge in [-0.15, -0.1) is 0 Å². The van der Waals surface area contributed by atoms with Gasteiger partial charge in [0, 0.05) is 11.6 Å². The van der Waals surface area contributed by atoms with Gasteiger partial charge in [0.1, 0.15) is 17.5 Å². The third-order valence-corrected chi connectivity index (χ3v) is 3.82. The molecule has 1 rings (SSSR count). The fourth-order valence-electron chi connectivity index (χ4n) is 2.13. The Morgan fingerprint density at radius 2 is 1.92 bits per heavy atom. The van der Waals surface area contributed by atoms with Gasteiger partial charge < -0.3 is 19.5 Å². The molecule has 0 saturated carbocycles. The molecular weight excluding hydrogens is 310 g/mol. The lowest BCUT2D eigenvalue weighted by atomic mass is 9.99. The van der Waals surface area contributed by atoms with Crippen LogP contribution in [0.4, 0.5) is 0 Å². The first kappa shape index (κ1) is 19.5. The number of hydrogen-bond donors (Lipinski definition) is 1. The number of carbonyl (C=O) groups is 2. The molecule has 0 heterocycles. The predicted molar refractivity (Wildman–Crippen MR) is 92.0 cm³/mol. The van der Waals surface area contributed by atoms with E-state index in [0.29, 0.717) is 17.1 Å². The summed E-state index contributed by atoms with van der Waals surface area (Å²) in [5, 5.41) is 2.68. The summed E-state index contributed by atoms with van der Waals surface area (Å²) in [7, 11) is 4.42. The summed E-state index contributed by atoms with van der Waals surface area (Å²) in [6, 6.07) is 4.61. The van der Waals surface area contributed by atoms with E-state index in [9.17, 15) is 9.59 Å². The van der Waals surface area contributed by atoms with Crippen LogP contribution < -0.4 is 14.8 Å². The summed E-state index contributed by atoms with van der Waals surface area (Å²) in [5.74, 6) is 0.413. The smallest absolute Gasteiger partial charge is 0.328 e. The number of benzene rings is 1. The maximum absolute atomic E-state index is 12.1. The maximum Gasteiger partial charge on any atom is 0.328 e. The Kier molecular flexibility index (Phi) is 7.82. The van der Waals surface area contributed by atoms with Crippen LogP contribution in [0.5, 0.6) is 11.5 Å². The lowest BCUT2D eigenvalue weighted by Gasteiger charge is -2.21. The SMILES string of the molecule is CC[C@@H](C)[C@@H](NC(=O)/C=C/c1cc(OC)ccc1OC)C(=O)OC. The van der Waals surface area contributed by atoms with Gasteiger partial charge in [0.2, 0.25) is 5.91 Å². The fourth-order valence-corrected chi connectivity index (χ4v) is 2.13. The van der Waals surface area contributed by atoms with E-state index in [1.165, 1.54) is 13.2 Å². The van der Waals surface area contributed by atoms with Crippen molar-refractivity contribution in [2.45, 2.75) is 26.3 Å². The summed E-state index contributed by atoms with van der Waals surface area (Å²) in [6.07, 6.45) is 3.71. The van der Waals surface area contributed by atoms with Crippen molar-refractivity contribution in [3.8, 4) is 11.5 Å². The van der Waals surface area contributed by atoms with Crippen molar-refractivity contribution in [2.24, 2.45) is 5.92 Å². The average Bonchev–Trinajstić information content (AvgIpc) is 2.62. The van der Waals surface area contributed by atoms with Crippen LogP contribution in [0.3, 0.4) is 0 Å². The Labute approximate surface area is 142 Å². The van der Waals surface area contributed by atoms with Crippen LogP contribution in [0.15, 0.2) is 24.3 Å². The van der Waals surface area contributed by atoms with E-state index in [4.69, 9.17) is 14.2 Å². The highest BCUT2D eigenvalue weighted by molar-refractivity contribution is 5.95. The topological polar surface area (TPSA) is 73.9 Å². The molecule has 24 heavy (non-hydrogen) atoms. The number of nitrogens with one attached hydrogen (secondary N) is 1. The summed E-state index contributed by atoms with van der Waals surface area (Å²) in [4.78, 5) is 24.0. The summed E-state index contributed by atoms with van der Waals surface area (Å²) in [5.41, 5.74) is 0.699. The molecule has 6 nitrogen and oxygen atoms in total. The van der Waals surface area contributed by atoms with Crippen LogP contribution in [0, 0.1) is 5.92 Å². The molecule has 0 aromatic heterocycles. The van der Waals surface area contributed by atoms with Crippen molar-refractivity contribution < 1.29 is 23.8 Å². The first-order valence-electron chi connectivity index (χ1n) is 7.75. The molecule has 132 valence electrons. The largest absolute Gasteiger partial charge is 0.497 e. The van der Waals surface area contributed by atoms with Crippen LogP contribution in [-0.4, -0.2) is 39.2 Å². The predicted octanol–water partition coefficient (Wildman–Crippen LogP) is 2.42. The zero-order valence-electron chi connectivity index (χ0n) is 14.8. The van der Waals surface area contributed by atoms with E-state index in [1.807, 2.05) is 13.8 Å². The number of amides is 1. The molecule has 1 N–H and O–H groups in total. The molecule has 0 aliphatic heterocycles. The van der Waals surface area contributed by atoms with Gasteiger partial charge >= 0.3 is 5.97 Å². The second-order valence-electron chi connectivity index (χ2n) is 5.34. The Morgan fingerprint density at radius 3 is 2.46 bits per heavy atom. The minimum Gasteiger partial charge on any atom is -0.497 e. The van der Waals surface area contributed by atoms with E-state index >= 15 is 0 Å². The first-order chi connectivity index (χ1) is 11.5. The van der Waals surface area contributed by atoms with E-state index in [0.717, 1.165) is 6.42 Å². The minimum atomic E-state index is -0.677. The van der Waals surface area contributed by atoms with Crippen molar-refractivity contribution >= 4 is 18.0 Å². The number of carbonyl (C=O) groups excluding carboxylic acids is 2. The minimum absolute atomic E-state index is 0.0267. The lowest BCUT2D eigenvalue weighted by Crippen LogP contribution is -2.45. The van der Waals surface area contributed by atoms with Crippen molar-refractivity contribution in [2.75, 3.05) is 21.3 Å². The molecule has 0 aliphatic rings. The lowest BCUT2D eigenvalue weighted by molar-refractivity contribution is -0.146. The molecule has 0 bridgehead atoms. The Balaban J connectivity index is 2.89. The molecule has 0 fully saturated rings. The van der Waals surface area contributed by atoms with Crippen molar-refractivity contribution in [3.05, 3.63) is 29.8 Å². The number of hydrogen-bond acceptors (Lipinski definition) is 5. The molecule has 0 unspecified atom stereocenters. The van der Waals surface area contributed by atoms with E-state index in [-0.39, 0.29) is 11.8 Å². The van der Waals surface area contributed by atoms with Gasteiger partial charge in [-0.3, -0.25) is 4.79 Å². The Morgan fingerprint density at radius 1 is 1.21 bits per heavy atom. The second-order valence-corrected chi connectivity index (χ2v) is 5.34. The van der Waals surface area contributed by atoms with E-state index < -0.39 is 12.0 Å². The van der Waals surface area contributed by atoms with Gasteiger partial charge in [-0.1, -0.05) is 20.3 Å². The molecular formula is C18H25NO5. The van der Waals surface area contributed by atoms with Crippen LogP contribution in [0.25, 0.3) is 6.08 Å². The molecule has 1 amide bonds. The van der Waals surface area contributed by atoms with Crippen LogP contribution in [-0.2, 0) is 14.3 Å². The van der Waals surface area contributed by atoms with Crippen LogP contribution in [0.2, 0.25) is 0 Å². The van der Waals surface area contributed by atoms with Gasteiger partial charge in [0.15, 0.2) is 0 Å². The Hall–Kier alpha value is -2.50. The highest BCUT2D eigenvalue weighted by Gasteiger charge is 2.25. The first-order valence-corrected chi connectivity index (χ1v) is 7.75. The average molecular weight is 335 g/mol. The Bertz CT molecular complexity index is 597. The van der Waals surface area contributed by atoms with Crippen molar-refractivity contribution in [3.63, 3.8) is 0 Å². The summed E-state index contributed by atoms with van der Waals surface area (Å²) >= 11 is 0.